The van der Waals surface area contributed by atoms with Gasteiger partial charge in [-0.15, -0.1) is 11.3 Å². The fourth-order valence-corrected chi connectivity index (χ4v) is 4.74. The molecule has 6 nitrogen and oxygen atoms in total. The van der Waals surface area contributed by atoms with Crippen LogP contribution in [0.25, 0.3) is 10.1 Å². The van der Waals surface area contributed by atoms with Gasteiger partial charge in [0.2, 0.25) is 6.29 Å². The number of hydrogen-bond acceptors (Lipinski definition) is 6. The molecular formula is C22H29NO5S. The molecule has 1 aromatic carbocycles. The quantitative estimate of drug-likeness (QED) is 0.577. The lowest BCUT2D eigenvalue weighted by Gasteiger charge is -2.36. The molecule has 158 valence electrons. The molecule has 0 saturated carbocycles. The molecule has 2 N–H and O–H groups in total. The molecule has 1 aliphatic rings. The number of allylic oxidation sites excluding steroid dienone is 1. The number of amides is 1. The Bertz CT molecular complexity index is 833. The third-order valence-corrected chi connectivity index (χ3v) is 6.08. The van der Waals surface area contributed by atoms with Crippen LogP contribution in [0.5, 0.6) is 0 Å². The number of rotatable bonds is 10. The number of hydrogen-bond donors (Lipinski definition) is 2. The van der Waals surface area contributed by atoms with Crippen LogP contribution in [0.2, 0.25) is 0 Å². The number of benzene rings is 1. The number of thiophene rings is 1. The van der Waals surface area contributed by atoms with E-state index in [4.69, 9.17) is 14.2 Å². The van der Waals surface area contributed by atoms with Crippen LogP contribution in [0.1, 0.15) is 31.2 Å². The standard InChI is InChI=1S/C22H29NO5S/c1-3-27-22-16(8-6-11-24)17(13-19(28-22)21(25)23-10-12-26-2)18-14-29-20-9-5-4-7-15(18)20/h4-5,7,9,13-14,16-17,22,24H,3,6,8,10-12H2,1-2H3,(H,23,25)/t16-,17+,22-/m0/s1. The van der Waals surface area contributed by atoms with Gasteiger partial charge < -0.3 is 24.6 Å². The molecule has 0 saturated heterocycles. The van der Waals surface area contributed by atoms with Crippen LogP contribution in [0.4, 0.5) is 0 Å². The minimum Gasteiger partial charge on any atom is -0.459 e. The first-order valence-corrected chi connectivity index (χ1v) is 10.9. The smallest absolute Gasteiger partial charge is 0.286 e. The first-order valence-electron chi connectivity index (χ1n) is 10.0. The molecule has 1 amide bonds. The predicted molar refractivity (Wildman–Crippen MR) is 114 cm³/mol. The van der Waals surface area contributed by atoms with Gasteiger partial charge in [-0.05, 0) is 48.2 Å². The highest BCUT2D eigenvalue weighted by atomic mass is 32.1. The third kappa shape index (κ3) is 5.17. The maximum atomic E-state index is 12.7. The van der Waals surface area contributed by atoms with Crippen molar-refractivity contribution in [3.05, 3.63) is 47.0 Å². The van der Waals surface area contributed by atoms with E-state index < -0.39 is 6.29 Å². The average Bonchev–Trinajstić information content (AvgIpc) is 3.16. The molecule has 1 aliphatic heterocycles. The number of methoxy groups -OCH3 is 1. The Labute approximate surface area is 175 Å². The van der Waals surface area contributed by atoms with Gasteiger partial charge in [-0.25, -0.2) is 0 Å². The molecule has 7 heteroatoms. The Balaban J connectivity index is 1.97. The second-order valence-electron chi connectivity index (χ2n) is 6.96. The van der Waals surface area contributed by atoms with E-state index in [1.54, 1.807) is 18.4 Å². The Hall–Kier alpha value is -1.93. The van der Waals surface area contributed by atoms with Crippen LogP contribution in [-0.4, -0.2) is 50.8 Å². The molecule has 29 heavy (non-hydrogen) atoms. The molecule has 0 spiro atoms. The van der Waals surface area contributed by atoms with Crippen molar-refractivity contribution in [2.75, 3.05) is 33.5 Å². The van der Waals surface area contributed by atoms with Crippen LogP contribution < -0.4 is 5.32 Å². The van der Waals surface area contributed by atoms with E-state index in [0.29, 0.717) is 26.2 Å². The van der Waals surface area contributed by atoms with Crippen molar-refractivity contribution in [3.8, 4) is 0 Å². The zero-order chi connectivity index (χ0) is 20.6. The maximum absolute atomic E-state index is 12.7. The van der Waals surface area contributed by atoms with Gasteiger partial charge in [-0.2, -0.15) is 0 Å². The van der Waals surface area contributed by atoms with E-state index in [1.165, 1.54) is 15.6 Å². The zero-order valence-electron chi connectivity index (χ0n) is 16.9. The zero-order valence-corrected chi connectivity index (χ0v) is 17.7. The molecule has 1 aromatic heterocycles. The Kier molecular flexibility index (Phi) is 8.06. The minimum absolute atomic E-state index is 0.00984. The first-order chi connectivity index (χ1) is 14.2. The van der Waals surface area contributed by atoms with E-state index in [2.05, 4.69) is 22.8 Å². The summed E-state index contributed by atoms with van der Waals surface area (Å²) < 4.78 is 18.1. The van der Waals surface area contributed by atoms with Gasteiger partial charge in [-0.1, -0.05) is 18.2 Å². The number of aliphatic hydroxyl groups is 1. The summed E-state index contributed by atoms with van der Waals surface area (Å²) in [6.45, 7) is 3.36. The van der Waals surface area contributed by atoms with Gasteiger partial charge in [0.05, 0.1) is 6.61 Å². The largest absolute Gasteiger partial charge is 0.459 e. The SMILES string of the molecule is CCO[C@H]1OC(C(=O)NCCOC)=C[C@@H](c2csc3ccccc23)[C@@H]1CCCO. The second-order valence-corrected chi connectivity index (χ2v) is 7.88. The minimum atomic E-state index is -0.539. The van der Waals surface area contributed by atoms with Crippen molar-refractivity contribution in [1.82, 2.24) is 5.32 Å². The lowest BCUT2D eigenvalue weighted by molar-refractivity contribution is -0.166. The lowest BCUT2D eigenvalue weighted by atomic mass is 9.80. The van der Waals surface area contributed by atoms with Crippen molar-refractivity contribution in [2.45, 2.75) is 32.0 Å². The van der Waals surface area contributed by atoms with Gasteiger partial charge >= 0.3 is 0 Å². The Morgan fingerprint density at radius 3 is 2.93 bits per heavy atom. The average molecular weight is 420 g/mol. The van der Waals surface area contributed by atoms with Crippen LogP contribution in [0, 0.1) is 5.92 Å². The number of carbonyl (C=O) groups is 1. The van der Waals surface area contributed by atoms with Crippen molar-refractivity contribution in [1.29, 1.82) is 0 Å². The van der Waals surface area contributed by atoms with Gasteiger partial charge in [0.15, 0.2) is 5.76 Å². The summed E-state index contributed by atoms with van der Waals surface area (Å²) >= 11 is 1.70. The summed E-state index contributed by atoms with van der Waals surface area (Å²) in [5, 5.41) is 15.6. The van der Waals surface area contributed by atoms with Crippen molar-refractivity contribution in [2.24, 2.45) is 5.92 Å². The monoisotopic (exact) mass is 419 g/mol. The Morgan fingerprint density at radius 1 is 1.34 bits per heavy atom. The molecule has 0 bridgehead atoms. The molecular weight excluding hydrogens is 390 g/mol. The third-order valence-electron chi connectivity index (χ3n) is 5.10. The molecule has 0 unspecified atom stereocenters. The van der Waals surface area contributed by atoms with E-state index in [0.717, 1.165) is 6.42 Å². The number of fused-ring (bicyclic) bond motifs is 1. The Morgan fingerprint density at radius 2 is 2.17 bits per heavy atom. The van der Waals surface area contributed by atoms with Crippen molar-refractivity contribution < 1.29 is 24.1 Å². The van der Waals surface area contributed by atoms with E-state index in [-0.39, 0.29) is 30.1 Å². The number of aliphatic hydroxyl groups excluding tert-OH is 1. The van der Waals surface area contributed by atoms with Crippen molar-refractivity contribution >= 4 is 27.3 Å². The van der Waals surface area contributed by atoms with E-state index in [1.807, 2.05) is 25.1 Å². The highest BCUT2D eigenvalue weighted by molar-refractivity contribution is 7.17. The summed E-state index contributed by atoms with van der Waals surface area (Å²) in [6.07, 6.45) is 2.77. The van der Waals surface area contributed by atoms with Crippen LogP contribution in [-0.2, 0) is 19.0 Å². The normalized spacial score (nSPS) is 21.6. The second kappa shape index (κ2) is 10.7. The summed E-state index contributed by atoms with van der Waals surface area (Å²) in [6, 6.07) is 8.28. The summed E-state index contributed by atoms with van der Waals surface area (Å²) in [5.41, 5.74) is 1.17. The summed E-state index contributed by atoms with van der Waals surface area (Å²) in [5.74, 6) is -0.0150. The summed E-state index contributed by atoms with van der Waals surface area (Å²) in [7, 11) is 1.59. The fraction of sp³-hybridized carbons (Fsp3) is 0.500. The van der Waals surface area contributed by atoms with Crippen molar-refractivity contribution in [3.63, 3.8) is 0 Å². The molecule has 3 rings (SSSR count). The first kappa shape index (κ1) is 21.8. The number of carbonyl (C=O) groups excluding carboxylic acids is 1. The van der Waals surface area contributed by atoms with Gasteiger partial charge in [0.25, 0.3) is 5.91 Å². The predicted octanol–water partition coefficient (Wildman–Crippen LogP) is 3.41. The maximum Gasteiger partial charge on any atom is 0.286 e. The molecule has 0 radical (unpaired) electrons. The number of ether oxygens (including phenoxy) is 3. The van der Waals surface area contributed by atoms with Gasteiger partial charge in [0.1, 0.15) is 0 Å². The fourth-order valence-electron chi connectivity index (χ4n) is 3.73. The highest BCUT2D eigenvalue weighted by Crippen LogP contribution is 2.43. The molecule has 0 fully saturated rings. The van der Waals surface area contributed by atoms with E-state index >= 15 is 0 Å². The number of nitrogens with one attached hydrogen (secondary N) is 1. The molecule has 2 heterocycles. The molecule has 3 atom stereocenters. The van der Waals surface area contributed by atoms with Crippen LogP contribution in [0.3, 0.4) is 0 Å². The lowest BCUT2D eigenvalue weighted by Crippen LogP contribution is -2.39. The summed E-state index contributed by atoms with van der Waals surface area (Å²) in [4.78, 5) is 12.7. The van der Waals surface area contributed by atoms with Gasteiger partial charge in [0, 0.05) is 43.4 Å². The van der Waals surface area contributed by atoms with Crippen LogP contribution >= 0.6 is 11.3 Å². The van der Waals surface area contributed by atoms with E-state index in [9.17, 15) is 9.90 Å². The van der Waals surface area contributed by atoms with Gasteiger partial charge in [-0.3, -0.25) is 4.79 Å². The molecule has 0 aliphatic carbocycles. The molecule has 2 aromatic rings. The topological polar surface area (TPSA) is 77.0 Å². The van der Waals surface area contributed by atoms with Crippen LogP contribution in [0.15, 0.2) is 41.5 Å². The highest BCUT2D eigenvalue weighted by Gasteiger charge is 2.38.